The van der Waals surface area contributed by atoms with E-state index in [0.717, 1.165) is 50.4 Å². The summed E-state index contributed by atoms with van der Waals surface area (Å²) in [5.41, 5.74) is 23.5. The van der Waals surface area contributed by atoms with Crippen molar-refractivity contribution in [2.45, 2.75) is 157 Å². The predicted octanol–water partition coefficient (Wildman–Crippen LogP) is 18.9. The molecular weight excluding hydrogens is 934 g/mol. The monoisotopic (exact) mass is 1010 g/mol. The van der Waals surface area contributed by atoms with Gasteiger partial charge in [0.05, 0.1) is 16.8 Å². The molecule has 0 saturated carbocycles. The first-order valence-corrected chi connectivity index (χ1v) is 28.1. The van der Waals surface area contributed by atoms with Crippen molar-refractivity contribution < 1.29 is 4.42 Å². The summed E-state index contributed by atoms with van der Waals surface area (Å²) < 4.78 is 7.11. The molecule has 0 saturated heterocycles. The largest absolute Gasteiger partial charge is 0.456 e. The Hall–Kier alpha value is -6.98. The molecule has 8 aromatic carbocycles. The van der Waals surface area contributed by atoms with Crippen LogP contribution in [0.25, 0.3) is 21.9 Å². The van der Waals surface area contributed by atoms with Crippen molar-refractivity contribution in [3.63, 3.8) is 0 Å². The molecule has 77 heavy (non-hydrogen) atoms. The van der Waals surface area contributed by atoms with Crippen molar-refractivity contribution in [1.82, 2.24) is 0 Å². The van der Waals surface area contributed by atoms with E-state index >= 15 is 0 Å². The van der Waals surface area contributed by atoms with Crippen LogP contribution in [0.4, 0.5) is 51.2 Å². The minimum atomic E-state index is -0.176. The van der Waals surface area contributed by atoms with Gasteiger partial charge in [0, 0.05) is 51.3 Å². The van der Waals surface area contributed by atoms with Crippen molar-refractivity contribution in [1.29, 1.82) is 0 Å². The molecular formula is C72H80BN3O. The summed E-state index contributed by atoms with van der Waals surface area (Å²) in [6.45, 7) is 41.7. The van der Waals surface area contributed by atoms with Crippen LogP contribution in [0.2, 0.25) is 0 Å². The number of fused-ring (bicyclic) bond motifs is 7. The van der Waals surface area contributed by atoms with Gasteiger partial charge in [-0.3, -0.25) is 0 Å². The molecule has 0 unspecified atom stereocenters. The molecule has 0 N–H and O–H groups in total. The van der Waals surface area contributed by atoms with Crippen LogP contribution in [0.1, 0.15) is 158 Å². The van der Waals surface area contributed by atoms with Gasteiger partial charge in [-0.2, -0.15) is 0 Å². The van der Waals surface area contributed by atoms with Crippen molar-refractivity contribution in [2.75, 3.05) is 14.7 Å². The first-order chi connectivity index (χ1) is 36.0. The Morgan fingerprint density at radius 2 is 0.753 bits per heavy atom. The van der Waals surface area contributed by atoms with E-state index in [1.165, 1.54) is 72.5 Å². The lowest BCUT2D eigenvalue weighted by atomic mass is 9.33. The quantitative estimate of drug-likeness (QED) is 0.160. The molecule has 2 aliphatic heterocycles. The number of rotatable bonds is 5. The van der Waals surface area contributed by atoms with Crippen LogP contribution in [0.5, 0.6) is 0 Å². The van der Waals surface area contributed by atoms with Crippen LogP contribution in [-0.2, 0) is 32.5 Å². The average Bonchev–Trinajstić information content (AvgIpc) is 3.82. The number of para-hydroxylation sites is 1. The van der Waals surface area contributed by atoms with Gasteiger partial charge in [0.2, 0.25) is 0 Å². The van der Waals surface area contributed by atoms with E-state index in [4.69, 9.17) is 4.42 Å². The maximum atomic E-state index is 7.11. The minimum Gasteiger partial charge on any atom is -0.456 e. The summed E-state index contributed by atoms with van der Waals surface area (Å²) in [5.74, 6) is 0. The second kappa shape index (κ2) is 17.8. The van der Waals surface area contributed by atoms with Gasteiger partial charge in [0.15, 0.2) is 0 Å². The molecule has 0 amide bonds. The summed E-state index contributed by atoms with van der Waals surface area (Å²) in [4.78, 5) is 7.64. The fourth-order valence-electron chi connectivity index (χ4n) is 11.8. The van der Waals surface area contributed by atoms with Gasteiger partial charge >= 0.3 is 0 Å². The molecule has 5 heteroatoms. The third-order valence-corrected chi connectivity index (χ3v) is 16.6. The zero-order valence-electron chi connectivity index (χ0n) is 49.3. The molecule has 2 aliphatic rings. The van der Waals surface area contributed by atoms with Gasteiger partial charge in [-0.1, -0.05) is 203 Å². The van der Waals surface area contributed by atoms with Crippen molar-refractivity contribution >= 4 is 96.2 Å². The number of benzene rings is 8. The van der Waals surface area contributed by atoms with E-state index in [1.54, 1.807) is 0 Å². The molecule has 4 nitrogen and oxygen atoms in total. The number of anilines is 9. The molecule has 0 spiro atoms. The number of hydrogen-bond donors (Lipinski definition) is 0. The van der Waals surface area contributed by atoms with Crippen LogP contribution in [0.3, 0.4) is 0 Å². The van der Waals surface area contributed by atoms with Gasteiger partial charge in [0.1, 0.15) is 11.2 Å². The molecule has 0 bridgehead atoms. The number of nitrogens with zero attached hydrogens (tertiary/aromatic N) is 3. The Kier molecular flexibility index (Phi) is 12.0. The first kappa shape index (κ1) is 52.1. The molecule has 1 aromatic heterocycles. The molecule has 0 radical (unpaired) electrons. The fourth-order valence-corrected chi connectivity index (χ4v) is 11.8. The number of hydrogen-bond acceptors (Lipinski definition) is 4. The van der Waals surface area contributed by atoms with E-state index in [1.807, 2.05) is 0 Å². The molecule has 392 valence electrons. The second-order valence-electron chi connectivity index (χ2n) is 28.5. The SMILES string of the molecule is CC(C)(C)c1ccc(N2c3ccc(C(C)(C)C)cc3B3c4cc(C(C)(C)C)ccc4N(c4cc(N(c5ccc(C(C)(C)C)cc5)c5ccc(C(C)(C)C)cc5)c5c(c4)oc4ccccc45)c4cc(C(C)(C)C)cc2c43)cc1. The van der Waals surface area contributed by atoms with Crippen LogP contribution in [-0.4, -0.2) is 6.71 Å². The summed E-state index contributed by atoms with van der Waals surface area (Å²) in [5, 5.41) is 2.17. The average molecular weight is 1010 g/mol. The summed E-state index contributed by atoms with van der Waals surface area (Å²) in [7, 11) is 0. The first-order valence-electron chi connectivity index (χ1n) is 28.1. The fraction of sp³-hybridized carbons (Fsp3) is 0.333. The summed E-state index contributed by atoms with van der Waals surface area (Å²) in [6, 6.07) is 60.9. The molecule has 9 aromatic rings. The maximum Gasteiger partial charge on any atom is 0.252 e. The van der Waals surface area contributed by atoms with Gasteiger partial charge in [-0.05, 0) is 155 Å². The molecule has 0 aliphatic carbocycles. The highest BCUT2D eigenvalue weighted by molar-refractivity contribution is 7.00. The van der Waals surface area contributed by atoms with Crippen LogP contribution in [0, 0.1) is 0 Å². The lowest BCUT2D eigenvalue weighted by Crippen LogP contribution is -2.61. The normalized spacial score (nSPS) is 14.0. The lowest BCUT2D eigenvalue weighted by Gasteiger charge is -2.46. The third-order valence-electron chi connectivity index (χ3n) is 16.6. The van der Waals surface area contributed by atoms with E-state index < -0.39 is 0 Å². The van der Waals surface area contributed by atoms with Gasteiger partial charge in [0.25, 0.3) is 6.71 Å². The maximum absolute atomic E-state index is 7.11. The van der Waals surface area contributed by atoms with Crippen LogP contribution >= 0.6 is 0 Å². The lowest BCUT2D eigenvalue weighted by molar-refractivity contribution is 0.589. The molecule has 11 rings (SSSR count). The van der Waals surface area contributed by atoms with Crippen molar-refractivity contribution in [3.8, 4) is 0 Å². The minimum absolute atomic E-state index is 0.000950. The van der Waals surface area contributed by atoms with Crippen molar-refractivity contribution in [2.24, 2.45) is 0 Å². The third kappa shape index (κ3) is 9.16. The molecule has 3 heterocycles. The predicted molar refractivity (Wildman–Crippen MR) is 335 cm³/mol. The second-order valence-corrected chi connectivity index (χ2v) is 28.5. The van der Waals surface area contributed by atoms with Crippen LogP contribution < -0.4 is 31.1 Å². The highest BCUT2D eigenvalue weighted by Crippen LogP contribution is 2.51. The summed E-state index contributed by atoms with van der Waals surface area (Å²) in [6.07, 6.45) is 0. The van der Waals surface area contributed by atoms with Gasteiger partial charge in [-0.15, -0.1) is 0 Å². The number of furan rings is 1. The topological polar surface area (TPSA) is 22.9 Å². The van der Waals surface area contributed by atoms with E-state index in [-0.39, 0.29) is 39.2 Å². The zero-order valence-corrected chi connectivity index (χ0v) is 49.3. The Morgan fingerprint density at radius 3 is 1.19 bits per heavy atom. The standard InChI is InChI=1S/C72H80BN3O/c1-67(2,3)45-23-31-51(32-24-45)74(52-33-25-46(26-34-52)68(4,5)6)60-43-54(44-64-65(60)55-21-19-20-22-63(55)77-64)76-59-38-30-49(71(13,14)15)40-57(59)73-56-39-48(70(10,11)12)29-37-58(56)75(53-35-27-47(28-36-53)69(7,8)9)61-41-50(72(16,17)18)42-62(76)66(61)73/h19-44H,1-18H3. The van der Waals surface area contributed by atoms with E-state index in [9.17, 15) is 0 Å². The Bertz CT molecular complexity index is 3680. The van der Waals surface area contributed by atoms with Gasteiger partial charge in [-0.25, -0.2) is 0 Å². The zero-order chi connectivity index (χ0) is 55.1. The summed E-state index contributed by atoms with van der Waals surface area (Å²) >= 11 is 0. The smallest absolute Gasteiger partial charge is 0.252 e. The molecule has 0 fully saturated rings. The Balaban J connectivity index is 1.26. The Morgan fingerprint density at radius 1 is 0.351 bits per heavy atom. The van der Waals surface area contributed by atoms with Crippen LogP contribution in [0.15, 0.2) is 162 Å². The van der Waals surface area contributed by atoms with E-state index in [0.29, 0.717) is 0 Å². The van der Waals surface area contributed by atoms with E-state index in [2.05, 4.69) is 297 Å². The Labute approximate surface area is 461 Å². The van der Waals surface area contributed by atoms with Crippen molar-refractivity contribution in [3.05, 3.63) is 191 Å². The highest BCUT2D eigenvalue weighted by Gasteiger charge is 2.45. The highest BCUT2D eigenvalue weighted by atomic mass is 16.3. The van der Waals surface area contributed by atoms with Gasteiger partial charge < -0.3 is 19.1 Å². The molecule has 0 atom stereocenters.